The molecule has 0 aliphatic carbocycles. The first-order valence-corrected chi connectivity index (χ1v) is 6.90. The zero-order valence-electron chi connectivity index (χ0n) is 11.4. The lowest BCUT2D eigenvalue weighted by Gasteiger charge is -2.17. The first-order valence-electron chi connectivity index (χ1n) is 6.90. The number of amides is 1. The van der Waals surface area contributed by atoms with Gasteiger partial charge in [0.15, 0.2) is 0 Å². The summed E-state index contributed by atoms with van der Waals surface area (Å²) in [6.07, 6.45) is 3.86. The highest BCUT2D eigenvalue weighted by atomic mass is 16.1. The fourth-order valence-corrected chi connectivity index (χ4v) is 2.32. The molecule has 1 aromatic rings. The van der Waals surface area contributed by atoms with Crippen LogP contribution in [-0.2, 0) is 11.3 Å². The van der Waals surface area contributed by atoms with Gasteiger partial charge in [-0.1, -0.05) is 13.0 Å². The van der Waals surface area contributed by atoms with Crippen molar-refractivity contribution in [1.29, 1.82) is 0 Å². The molecule has 1 atom stereocenters. The SMILES string of the molecule is CCCNCc1ccc(N2CCC(C(N)=O)C2)nc1. The Morgan fingerprint density at radius 1 is 1.58 bits per heavy atom. The number of primary amides is 1. The fourth-order valence-electron chi connectivity index (χ4n) is 2.32. The van der Waals surface area contributed by atoms with Crippen LogP contribution in [0.4, 0.5) is 5.82 Å². The Balaban J connectivity index is 1.90. The highest BCUT2D eigenvalue weighted by Crippen LogP contribution is 2.21. The minimum absolute atomic E-state index is 0.0345. The number of carbonyl (C=O) groups excluding carboxylic acids is 1. The van der Waals surface area contributed by atoms with Crippen LogP contribution in [0.3, 0.4) is 0 Å². The van der Waals surface area contributed by atoms with Crippen molar-refractivity contribution in [3.8, 4) is 0 Å². The van der Waals surface area contributed by atoms with E-state index in [1.54, 1.807) is 0 Å². The van der Waals surface area contributed by atoms with E-state index in [4.69, 9.17) is 5.73 Å². The molecule has 1 fully saturated rings. The Labute approximate surface area is 114 Å². The lowest BCUT2D eigenvalue weighted by atomic mass is 10.1. The number of nitrogens with zero attached hydrogens (tertiary/aromatic N) is 2. The fraction of sp³-hybridized carbons (Fsp3) is 0.571. The molecule has 2 rings (SSSR count). The molecule has 1 aliphatic heterocycles. The van der Waals surface area contributed by atoms with Crippen LogP contribution in [-0.4, -0.2) is 30.5 Å². The average Bonchev–Trinajstić information content (AvgIpc) is 2.90. The van der Waals surface area contributed by atoms with Crippen LogP contribution in [0.15, 0.2) is 18.3 Å². The van der Waals surface area contributed by atoms with Crippen molar-refractivity contribution in [2.45, 2.75) is 26.3 Å². The Morgan fingerprint density at radius 2 is 2.42 bits per heavy atom. The molecule has 1 aliphatic rings. The van der Waals surface area contributed by atoms with E-state index in [9.17, 15) is 4.79 Å². The summed E-state index contributed by atoms with van der Waals surface area (Å²) >= 11 is 0. The number of aromatic nitrogens is 1. The maximum absolute atomic E-state index is 11.1. The topological polar surface area (TPSA) is 71.2 Å². The van der Waals surface area contributed by atoms with E-state index in [0.29, 0.717) is 6.54 Å². The molecule has 1 amide bonds. The smallest absolute Gasteiger partial charge is 0.222 e. The highest BCUT2D eigenvalue weighted by molar-refractivity contribution is 5.78. The van der Waals surface area contributed by atoms with Gasteiger partial charge < -0.3 is 16.0 Å². The third kappa shape index (κ3) is 3.67. The van der Waals surface area contributed by atoms with Crippen molar-refractivity contribution in [3.63, 3.8) is 0 Å². The van der Waals surface area contributed by atoms with Gasteiger partial charge in [-0.25, -0.2) is 4.98 Å². The third-order valence-electron chi connectivity index (χ3n) is 3.48. The van der Waals surface area contributed by atoms with Crippen molar-refractivity contribution in [2.75, 3.05) is 24.5 Å². The van der Waals surface area contributed by atoms with Gasteiger partial charge in [0.25, 0.3) is 0 Å². The molecular weight excluding hydrogens is 240 g/mol. The third-order valence-corrected chi connectivity index (χ3v) is 3.48. The minimum atomic E-state index is -0.206. The molecule has 0 spiro atoms. The van der Waals surface area contributed by atoms with Gasteiger partial charge in [0, 0.05) is 25.8 Å². The van der Waals surface area contributed by atoms with E-state index in [1.165, 1.54) is 5.56 Å². The van der Waals surface area contributed by atoms with E-state index in [-0.39, 0.29) is 11.8 Å². The molecule has 5 nitrogen and oxygen atoms in total. The summed E-state index contributed by atoms with van der Waals surface area (Å²) in [4.78, 5) is 17.7. The van der Waals surface area contributed by atoms with Gasteiger partial charge in [-0.2, -0.15) is 0 Å². The normalized spacial score (nSPS) is 18.8. The number of hydrogen-bond donors (Lipinski definition) is 2. The Morgan fingerprint density at radius 3 is 3.00 bits per heavy atom. The maximum Gasteiger partial charge on any atom is 0.222 e. The monoisotopic (exact) mass is 262 g/mol. The molecule has 0 radical (unpaired) electrons. The lowest BCUT2D eigenvalue weighted by molar-refractivity contribution is -0.121. The predicted molar refractivity (Wildman–Crippen MR) is 75.7 cm³/mol. The second-order valence-corrected chi connectivity index (χ2v) is 5.04. The second kappa shape index (κ2) is 6.52. The Hall–Kier alpha value is -1.62. The summed E-state index contributed by atoms with van der Waals surface area (Å²) in [7, 11) is 0. The molecule has 0 aromatic carbocycles. The number of nitrogens with two attached hydrogens (primary N) is 1. The van der Waals surface area contributed by atoms with Crippen LogP contribution >= 0.6 is 0 Å². The van der Waals surface area contributed by atoms with E-state index < -0.39 is 0 Å². The van der Waals surface area contributed by atoms with Crippen LogP contribution in [0.2, 0.25) is 0 Å². The number of anilines is 1. The second-order valence-electron chi connectivity index (χ2n) is 5.04. The number of nitrogens with one attached hydrogen (secondary N) is 1. The van der Waals surface area contributed by atoms with Gasteiger partial charge in [-0.15, -0.1) is 0 Å². The molecule has 0 saturated carbocycles. The number of hydrogen-bond acceptors (Lipinski definition) is 4. The van der Waals surface area contributed by atoms with Crippen LogP contribution in [0.5, 0.6) is 0 Å². The zero-order valence-corrected chi connectivity index (χ0v) is 11.4. The van der Waals surface area contributed by atoms with Crippen LogP contribution in [0.25, 0.3) is 0 Å². The number of rotatable bonds is 6. The van der Waals surface area contributed by atoms with Gasteiger partial charge in [-0.05, 0) is 31.0 Å². The van der Waals surface area contributed by atoms with Crippen molar-refractivity contribution >= 4 is 11.7 Å². The van der Waals surface area contributed by atoms with Gasteiger partial charge in [0.05, 0.1) is 5.92 Å². The zero-order chi connectivity index (χ0) is 13.7. The lowest BCUT2D eigenvalue weighted by Crippen LogP contribution is -2.27. The maximum atomic E-state index is 11.1. The molecule has 19 heavy (non-hydrogen) atoms. The quantitative estimate of drug-likeness (QED) is 0.747. The van der Waals surface area contributed by atoms with E-state index in [2.05, 4.69) is 28.2 Å². The molecule has 104 valence electrons. The molecule has 2 heterocycles. The largest absolute Gasteiger partial charge is 0.369 e. The number of carbonyl (C=O) groups is 1. The molecule has 1 aromatic heterocycles. The van der Waals surface area contributed by atoms with Crippen LogP contribution in [0, 0.1) is 5.92 Å². The summed E-state index contributed by atoms with van der Waals surface area (Å²) < 4.78 is 0. The van der Waals surface area contributed by atoms with Gasteiger partial charge in [-0.3, -0.25) is 4.79 Å². The van der Waals surface area contributed by atoms with Gasteiger partial charge in [0.2, 0.25) is 5.91 Å². The van der Waals surface area contributed by atoms with Crippen molar-refractivity contribution in [2.24, 2.45) is 11.7 Å². The molecule has 0 bridgehead atoms. The molecule has 3 N–H and O–H groups in total. The van der Waals surface area contributed by atoms with E-state index in [0.717, 1.165) is 38.3 Å². The number of pyridine rings is 1. The molecule has 5 heteroatoms. The molecule has 1 unspecified atom stereocenters. The summed E-state index contributed by atoms with van der Waals surface area (Å²) in [6.45, 7) is 5.57. The highest BCUT2D eigenvalue weighted by Gasteiger charge is 2.27. The summed E-state index contributed by atoms with van der Waals surface area (Å²) in [5.74, 6) is 0.693. The van der Waals surface area contributed by atoms with E-state index in [1.807, 2.05) is 12.3 Å². The van der Waals surface area contributed by atoms with Crippen LogP contribution in [0.1, 0.15) is 25.3 Å². The summed E-state index contributed by atoms with van der Waals surface area (Å²) in [5.41, 5.74) is 6.52. The minimum Gasteiger partial charge on any atom is -0.369 e. The van der Waals surface area contributed by atoms with Crippen molar-refractivity contribution < 1.29 is 4.79 Å². The van der Waals surface area contributed by atoms with Crippen LogP contribution < -0.4 is 16.0 Å². The summed E-state index contributed by atoms with van der Waals surface area (Å²) in [6, 6.07) is 4.11. The Bertz CT molecular complexity index is 418. The first kappa shape index (κ1) is 13.8. The van der Waals surface area contributed by atoms with Crippen molar-refractivity contribution in [3.05, 3.63) is 23.9 Å². The summed E-state index contributed by atoms with van der Waals surface area (Å²) in [5, 5.41) is 3.35. The average molecular weight is 262 g/mol. The van der Waals surface area contributed by atoms with E-state index >= 15 is 0 Å². The standard InChI is InChI=1S/C14H22N4O/c1-2-6-16-8-11-3-4-13(17-9-11)18-7-5-12(10-18)14(15)19/h3-4,9,12,16H,2,5-8,10H2,1H3,(H2,15,19). The van der Waals surface area contributed by atoms with Gasteiger partial charge in [0.1, 0.15) is 5.82 Å². The first-order chi connectivity index (χ1) is 9.20. The molecule has 1 saturated heterocycles. The Kier molecular flexibility index (Phi) is 4.74. The molecular formula is C14H22N4O. The van der Waals surface area contributed by atoms with Gasteiger partial charge >= 0.3 is 0 Å². The predicted octanol–water partition coefficient (Wildman–Crippen LogP) is 0.893. The van der Waals surface area contributed by atoms with Crippen molar-refractivity contribution in [1.82, 2.24) is 10.3 Å².